The van der Waals surface area contributed by atoms with Crippen molar-refractivity contribution in [2.75, 3.05) is 13.2 Å². The van der Waals surface area contributed by atoms with Gasteiger partial charge >= 0.3 is 27.6 Å². The summed E-state index contributed by atoms with van der Waals surface area (Å²) in [6, 6.07) is 0. The molecule has 0 amide bonds. The molecular weight excluding hydrogens is 914 g/mol. The molecule has 9 N–H and O–H groups in total. The van der Waals surface area contributed by atoms with Crippen molar-refractivity contribution < 1.29 is 87.1 Å². The maximum atomic E-state index is 13.0. The number of esters is 2. The number of hydrogen-bond acceptors (Lipinski definition) is 15. The van der Waals surface area contributed by atoms with E-state index < -0.39 is 95.7 Å². The largest absolute Gasteiger partial charge is 0.472 e. The van der Waals surface area contributed by atoms with E-state index in [1.54, 1.807) is 0 Å². The highest BCUT2D eigenvalue weighted by Crippen LogP contribution is 2.49. The van der Waals surface area contributed by atoms with Crippen LogP contribution < -0.4 is 0 Å². The van der Waals surface area contributed by atoms with Crippen molar-refractivity contribution in [3.05, 3.63) is 24.3 Å². The van der Waals surface area contributed by atoms with Crippen LogP contribution in [0.2, 0.25) is 0 Å². The molecule has 0 aliphatic heterocycles. The van der Waals surface area contributed by atoms with Crippen molar-refractivity contribution in [2.45, 2.75) is 249 Å². The smallest absolute Gasteiger partial charge is 0.462 e. The van der Waals surface area contributed by atoms with E-state index >= 15 is 0 Å². The Morgan fingerprint density at radius 3 is 1.52 bits per heavy atom. The normalized spacial score (nSPS) is 22.5. The van der Waals surface area contributed by atoms with Crippen LogP contribution in [-0.2, 0) is 41.8 Å². The third-order valence-corrected chi connectivity index (χ3v) is 13.2. The number of ether oxygens (including phenoxy) is 2. The lowest BCUT2D eigenvalue weighted by molar-refractivity contribution is -0.216. The van der Waals surface area contributed by atoms with Gasteiger partial charge in [0.2, 0.25) is 0 Å². The van der Waals surface area contributed by atoms with E-state index in [4.69, 9.17) is 18.5 Å². The number of aliphatic hydroxyl groups excluding tert-OH is 6. The molecule has 0 heterocycles. The van der Waals surface area contributed by atoms with Gasteiger partial charge in [-0.3, -0.25) is 23.2 Å². The number of phosphoric acid groups is 2. The van der Waals surface area contributed by atoms with Gasteiger partial charge in [-0.05, 0) is 64.2 Å². The number of unbranched alkanes of at least 4 members (excludes halogenated alkanes) is 20. The first-order valence-electron chi connectivity index (χ1n) is 25.1. The van der Waals surface area contributed by atoms with Crippen molar-refractivity contribution >= 4 is 27.6 Å². The van der Waals surface area contributed by atoms with Gasteiger partial charge in [-0.15, -0.1) is 0 Å². The standard InChI is InChI=1S/C47H88O18P2/c1-3-5-7-9-11-12-13-14-15-16-17-18-19-20-21-25-30-34-41(51)63-37(36-62-67(59,60)65-47-44(54)42(52)43(53)46(45(47)55)64-66(56,57)58)35-61-40(50)33-29-26-22-24-28-32-39(49)38(48)31-27-23-10-8-6-4-2/h14-15,23,27,37-39,42-49,52-55H,3-13,16-22,24-26,28-36H2,1-2H3,(H,59,60)(H2,56,57,58)/b15-14-,27-23-/t37-,38-,39-,42?,43?,44?,45?,46-,47+/m1/s1. The van der Waals surface area contributed by atoms with Crippen molar-refractivity contribution in [3.63, 3.8) is 0 Å². The summed E-state index contributed by atoms with van der Waals surface area (Å²) in [7, 11) is -10.7. The topological polar surface area (TPSA) is 296 Å². The van der Waals surface area contributed by atoms with Gasteiger partial charge < -0.3 is 54.8 Å². The lowest BCUT2D eigenvalue weighted by Crippen LogP contribution is -2.64. The second-order valence-corrected chi connectivity index (χ2v) is 20.4. The van der Waals surface area contributed by atoms with Gasteiger partial charge in [0.25, 0.3) is 0 Å². The maximum Gasteiger partial charge on any atom is 0.472 e. The van der Waals surface area contributed by atoms with Crippen LogP contribution in [0.3, 0.4) is 0 Å². The monoisotopic (exact) mass is 1000 g/mol. The van der Waals surface area contributed by atoms with Crippen LogP contribution in [0.1, 0.15) is 194 Å². The van der Waals surface area contributed by atoms with Crippen LogP contribution in [0.4, 0.5) is 0 Å². The highest BCUT2D eigenvalue weighted by molar-refractivity contribution is 7.47. The molecule has 1 saturated carbocycles. The van der Waals surface area contributed by atoms with E-state index in [0.29, 0.717) is 38.5 Å². The summed E-state index contributed by atoms with van der Waals surface area (Å²) >= 11 is 0. The van der Waals surface area contributed by atoms with Crippen LogP contribution in [0.15, 0.2) is 24.3 Å². The number of rotatable bonds is 42. The van der Waals surface area contributed by atoms with Gasteiger partial charge in [-0.1, -0.05) is 141 Å². The molecule has 0 spiro atoms. The second kappa shape index (κ2) is 38.1. The minimum absolute atomic E-state index is 0.00885. The molecule has 0 radical (unpaired) electrons. The van der Waals surface area contributed by atoms with Crippen molar-refractivity contribution in [2.24, 2.45) is 0 Å². The molecule has 5 unspecified atom stereocenters. The second-order valence-electron chi connectivity index (χ2n) is 17.8. The summed E-state index contributed by atoms with van der Waals surface area (Å²) in [6.45, 7) is 2.93. The Balaban J connectivity index is 2.61. The number of phosphoric ester groups is 2. The lowest BCUT2D eigenvalue weighted by atomic mass is 9.85. The fourth-order valence-corrected chi connectivity index (χ4v) is 9.17. The van der Waals surface area contributed by atoms with E-state index in [1.807, 2.05) is 12.2 Å². The molecule has 1 fully saturated rings. The quantitative estimate of drug-likeness (QED) is 0.0123. The first kappa shape index (κ1) is 63.4. The average Bonchev–Trinajstić information content (AvgIpc) is 3.28. The predicted octanol–water partition coefficient (Wildman–Crippen LogP) is 7.68. The molecule has 0 aromatic carbocycles. The molecule has 67 heavy (non-hydrogen) atoms. The zero-order valence-electron chi connectivity index (χ0n) is 40.3. The van der Waals surface area contributed by atoms with Gasteiger partial charge in [-0.25, -0.2) is 9.13 Å². The summed E-state index contributed by atoms with van der Waals surface area (Å²) < 4.78 is 49.3. The summed E-state index contributed by atoms with van der Waals surface area (Å²) in [4.78, 5) is 54.4. The number of carbonyl (C=O) groups excluding carboxylic acids is 2. The van der Waals surface area contributed by atoms with Gasteiger partial charge in [0.15, 0.2) is 6.10 Å². The van der Waals surface area contributed by atoms with E-state index in [0.717, 1.165) is 89.9 Å². The molecule has 1 rings (SSSR count). The third kappa shape index (κ3) is 32.1. The number of aliphatic hydroxyl groups is 6. The average molecular weight is 1000 g/mol. The first-order chi connectivity index (χ1) is 31.9. The Morgan fingerprint density at radius 1 is 0.522 bits per heavy atom. The van der Waals surface area contributed by atoms with Gasteiger partial charge in [0.1, 0.15) is 43.2 Å². The fourth-order valence-electron chi connectivity index (χ4n) is 7.63. The molecule has 1 aliphatic carbocycles. The van der Waals surface area contributed by atoms with Gasteiger partial charge in [-0.2, -0.15) is 0 Å². The minimum Gasteiger partial charge on any atom is -0.462 e. The van der Waals surface area contributed by atoms with Gasteiger partial charge in [0, 0.05) is 12.8 Å². The zero-order chi connectivity index (χ0) is 49.9. The molecule has 10 atom stereocenters. The predicted molar refractivity (Wildman–Crippen MR) is 253 cm³/mol. The molecule has 1 aliphatic rings. The highest BCUT2D eigenvalue weighted by atomic mass is 31.2. The number of hydrogen-bond donors (Lipinski definition) is 9. The fraction of sp³-hybridized carbons (Fsp3) is 0.872. The first-order valence-corrected chi connectivity index (χ1v) is 28.1. The van der Waals surface area contributed by atoms with Crippen molar-refractivity contribution in [3.8, 4) is 0 Å². The van der Waals surface area contributed by atoms with E-state index in [-0.39, 0.29) is 12.8 Å². The lowest BCUT2D eigenvalue weighted by Gasteiger charge is -2.43. The molecule has 394 valence electrons. The van der Waals surface area contributed by atoms with E-state index in [1.165, 1.54) is 38.5 Å². The summed E-state index contributed by atoms with van der Waals surface area (Å²) in [5.74, 6) is -1.32. The summed E-state index contributed by atoms with van der Waals surface area (Å²) in [5, 5.41) is 61.8. The van der Waals surface area contributed by atoms with Crippen molar-refractivity contribution in [1.82, 2.24) is 0 Å². The highest BCUT2D eigenvalue weighted by Gasteiger charge is 2.54. The molecule has 0 saturated heterocycles. The zero-order valence-corrected chi connectivity index (χ0v) is 42.1. The van der Waals surface area contributed by atoms with Crippen LogP contribution >= 0.6 is 15.6 Å². The van der Waals surface area contributed by atoms with Gasteiger partial charge in [0.05, 0.1) is 18.8 Å². The molecule has 20 heteroatoms. The molecule has 18 nitrogen and oxygen atoms in total. The van der Waals surface area contributed by atoms with Crippen LogP contribution in [0.5, 0.6) is 0 Å². The number of allylic oxidation sites excluding steroid dienone is 3. The van der Waals surface area contributed by atoms with Crippen molar-refractivity contribution in [1.29, 1.82) is 0 Å². The Labute approximate surface area is 399 Å². The molecular formula is C47H88O18P2. The minimum atomic E-state index is -5.38. The number of carbonyl (C=O) groups is 2. The molecule has 0 aromatic rings. The van der Waals surface area contributed by atoms with E-state index in [9.17, 15) is 64.0 Å². The Bertz CT molecular complexity index is 1430. The summed E-state index contributed by atoms with van der Waals surface area (Å²) in [5.41, 5.74) is 0. The maximum absolute atomic E-state index is 13.0. The van der Waals surface area contributed by atoms with Crippen LogP contribution in [-0.4, -0.2) is 125 Å². The Hall–Kier alpha value is -1.60. The SMILES string of the molecule is CCCCC/C=C\C[C@@H](O)[C@H](O)CCCCCCCC(=O)OC[C@H](COP(=O)(O)O[C@H]1C(O)C(O)C(O)[C@@H](OP(=O)(O)O)C1O)OC(=O)CCCCCCCCC/C=C\CCCCCCCC. The van der Waals surface area contributed by atoms with Crippen LogP contribution in [0, 0.1) is 0 Å². The Morgan fingerprint density at radius 2 is 0.970 bits per heavy atom. The summed E-state index contributed by atoms with van der Waals surface area (Å²) in [6.07, 6.45) is 17.1. The molecule has 0 aromatic heterocycles. The molecule has 0 bridgehead atoms. The third-order valence-electron chi connectivity index (χ3n) is 11.7. The van der Waals surface area contributed by atoms with Crippen LogP contribution in [0.25, 0.3) is 0 Å². The Kier molecular flexibility index (Phi) is 36.1. The van der Waals surface area contributed by atoms with E-state index in [2.05, 4.69) is 30.5 Å².